The van der Waals surface area contributed by atoms with Crippen molar-refractivity contribution >= 4 is 25.0 Å². The van der Waals surface area contributed by atoms with Crippen LogP contribution >= 0.6 is 8.30 Å². The molecule has 7 rings (SSSR count). The smallest absolute Gasteiger partial charge is 0.230 e. The molecule has 6 aromatic carbocycles. The summed E-state index contributed by atoms with van der Waals surface area (Å²) in [5, 5.41) is 1.17. The zero-order valence-electron chi connectivity index (χ0n) is 21.3. The maximum atomic E-state index is 6.69. The minimum atomic E-state index is -1.12. The largest absolute Gasteiger partial charge is 0.446 e. The molecule has 186 valence electrons. The van der Waals surface area contributed by atoms with Crippen LogP contribution in [0.5, 0.6) is 5.75 Å². The molecule has 0 radical (unpaired) electrons. The van der Waals surface area contributed by atoms with Gasteiger partial charge in [-0.3, -0.25) is 4.67 Å². The third-order valence-electron chi connectivity index (χ3n) is 7.03. The number of fused-ring (bicyclic) bond motifs is 1. The molecule has 39 heavy (non-hydrogen) atoms. The highest BCUT2D eigenvalue weighted by Crippen LogP contribution is 2.59. The van der Waals surface area contributed by atoms with Crippen LogP contribution < -0.4 is 14.5 Å². The quantitative estimate of drug-likeness (QED) is 0.210. The molecule has 0 amide bonds. The first kappa shape index (κ1) is 23.5. The van der Waals surface area contributed by atoms with Crippen LogP contribution in [0.1, 0.15) is 0 Å². The Morgan fingerprint density at radius 3 is 1.44 bits per heavy atom. The predicted octanol–water partition coefficient (Wildman–Crippen LogP) is 9.86. The Labute approximate surface area is 230 Å². The van der Waals surface area contributed by atoms with Crippen molar-refractivity contribution in [1.82, 2.24) is 0 Å². The van der Waals surface area contributed by atoms with E-state index in [1.807, 2.05) is 6.07 Å². The average Bonchev–Trinajstić information content (AvgIpc) is 3.42. The Hall–Kier alpha value is -4.65. The van der Waals surface area contributed by atoms with Crippen molar-refractivity contribution in [1.29, 1.82) is 0 Å². The molecule has 0 saturated carbocycles. The topological polar surface area (TPSA) is 12.5 Å². The second kappa shape index (κ2) is 10.3. The number of nitrogens with zero attached hydrogens (tertiary/aromatic N) is 1. The van der Waals surface area contributed by atoms with Crippen molar-refractivity contribution in [3.63, 3.8) is 0 Å². The van der Waals surface area contributed by atoms with Gasteiger partial charge in [-0.1, -0.05) is 115 Å². The van der Waals surface area contributed by atoms with E-state index in [-0.39, 0.29) is 0 Å². The van der Waals surface area contributed by atoms with E-state index in [1.165, 1.54) is 38.7 Å². The van der Waals surface area contributed by atoms with Crippen molar-refractivity contribution in [2.45, 2.75) is 0 Å². The van der Waals surface area contributed by atoms with Gasteiger partial charge in [0.25, 0.3) is 0 Å². The van der Waals surface area contributed by atoms with E-state index >= 15 is 0 Å². The molecule has 0 spiro atoms. The lowest BCUT2D eigenvalue weighted by Crippen LogP contribution is -2.16. The lowest BCUT2D eigenvalue weighted by Gasteiger charge is -2.26. The number of hydrogen-bond acceptors (Lipinski definition) is 2. The highest BCUT2D eigenvalue weighted by atomic mass is 31.2. The van der Waals surface area contributed by atoms with Gasteiger partial charge in [-0.15, -0.1) is 0 Å². The van der Waals surface area contributed by atoms with Gasteiger partial charge in [-0.2, -0.15) is 0 Å². The lowest BCUT2D eigenvalue weighted by molar-refractivity contribution is 0.642. The fraction of sp³-hybridized carbons (Fsp3) is 0. The van der Waals surface area contributed by atoms with E-state index in [9.17, 15) is 0 Å². The van der Waals surface area contributed by atoms with E-state index in [0.29, 0.717) is 0 Å². The van der Waals surface area contributed by atoms with E-state index in [2.05, 4.69) is 156 Å². The molecule has 1 aliphatic heterocycles. The Morgan fingerprint density at radius 1 is 0.410 bits per heavy atom. The molecule has 1 unspecified atom stereocenters. The van der Waals surface area contributed by atoms with Crippen LogP contribution in [0.3, 0.4) is 0 Å². The summed E-state index contributed by atoms with van der Waals surface area (Å²) in [5.41, 5.74) is 9.40. The van der Waals surface area contributed by atoms with Gasteiger partial charge in [-0.05, 0) is 75.8 Å². The van der Waals surface area contributed by atoms with Crippen LogP contribution in [-0.2, 0) is 0 Å². The average molecular weight is 520 g/mol. The molecular weight excluding hydrogens is 493 g/mol. The Balaban J connectivity index is 1.36. The molecule has 0 bridgehead atoms. The number of hydrogen-bond donors (Lipinski definition) is 0. The SMILES string of the molecule is c1ccc(-c2ccc(P3Oc4ccccc4N3c3cc(-c4ccccc4)cc(-c4ccccc4)c3)cc2)cc1. The fourth-order valence-corrected chi connectivity index (χ4v) is 6.94. The monoisotopic (exact) mass is 519 g/mol. The van der Waals surface area contributed by atoms with Gasteiger partial charge in [0.2, 0.25) is 8.30 Å². The third-order valence-corrected chi connectivity index (χ3v) is 8.95. The second-order valence-electron chi connectivity index (χ2n) is 9.56. The normalized spacial score (nSPS) is 14.1. The van der Waals surface area contributed by atoms with Crippen LogP contribution in [-0.4, -0.2) is 0 Å². The van der Waals surface area contributed by atoms with Crippen molar-refractivity contribution in [3.8, 4) is 39.1 Å². The third kappa shape index (κ3) is 4.61. The first-order valence-electron chi connectivity index (χ1n) is 13.1. The zero-order valence-corrected chi connectivity index (χ0v) is 22.2. The zero-order chi connectivity index (χ0) is 26.0. The minimum Gasteiger partial charge on any atom is -0.446 e. The van der Waals surface area contributed by atoms with Gasteiger partial charge in [0, 0.05) is 11.0 Å². The number of anilines is 2. The van der Waals surface area contributed by atoms with Gasteiger partial charge >= 0.3 is 0 Å². The summed E-state index contributed by atoms with van der Waals surface area (Å²) >= 11 is 0. The summed E-state index contributed by atoms with van der Waals surface area (Å²) in [6, 6.07) is 55.8. The van der Waals surface area contributed by atoms with Crippen molar-refractivity contribution in [2.75, 3.05) is 4.67 Å². The number of para-hydroxylation sites is 2. The molecule has 0 N–H and O–H groups in total. The molecule has 1 aliphatic rings. The van der Waals surface area contributed by atoms with Crippen LogP contribution in [0, 0.1) is 0 Å². The summed E-state index contributed by atoms with van der Waals surface area (Å²) < 4.78 is 9.08. The highest BCUT2D eigenvalue weighted by Gasteiger charge is 2.35. The molecule has 1 heterocycles. The van der Waals surface area contributed by atoms with Crippen LogP contribution in [0.2, 0.25) is 0 Å². The van der Waals surface area contributed by atoms with E-state index in [1.54, 1.807) is 0 Å². The Bertz CT molecular complexity index is 1660. The van der Waals surface area contributed by atoms with Gasteiger partial charge in [0.1, 0.15) is 5.75 Å². The van der Waals surface area contributed by atoms with Gasteiger partial charge in [0.15, 0.2) is 0 Å². The Morgan fingerprint density at radius 2 is 0.872 bits per heavy atom. The molecule has 0 fully saturated rings. The van der Waals surface area contributed by atoms with Crippen LogP contribution in [0.15, 0.2) is 158 Å². The maximum Gasteiger partial charge on any atom is 0.230 e. The molecule has 0 aromatic heterocycles. The molecule has 0 saturated heterocycles. The predicted molar refractivity (Wildman–Crippen MR) is 165 cm³/mol. The van der Waals surface area contributed by atoms with E-state index in [0.717, 1.165) is 17.1 Å². The van der Waals surface area contributed by atoms with Gasteiger partial charge in [0.05, 0.1) is 5.69 Å². The molecule has 6 aromatic rings. The molecular formula is C36H26NOP. The van der Waals surface area contributed by atoms with Gasteiger partial charge in [-0.25, -0.2) is 0 Å². The van der Waals surface area contributed by atoms with Crippen molar-refractivity contribution in [3.05, 3.63) is 158 Å². The van der Waals surface area contributed by atoms with Crippen LogP contribution in [0.25, 0.3) is 33.4 Å². The maximum absolute atomic E-state index is 6.69. The number of benzene rings is 6. The lowest BCUT2D eigenvalue weighted by atomic mass is 9.98. The molecule has 3 heteroatoms. The van der Waals surface area contributed by atoms with Crippen molar-refractivity contribution in [2.24, 2.45) is 0 Å². The van der Waals surface area contributed by atoms with Crippen LogP contribution in [0.4, 0.5) is 11.4 Å². The summed E-state index contributed by atoms with van der Waals surface area (Å²) in [4.78, 5) is 0. The first-order chi connectivity index (χ1) is 19.3. The summed E-state index contributed by atoms with van der Waals surface area (Å²) in [7, 11) is -1.12. The minimum absolute atomic E-state index is 0.919. The summed E-state index contributed by atoms with van der Waals surface area (Å²) in [6.07, 6.45) is 0. The molecule has 0 aliphatic carbocycles. The number of rotatable bonds is 5. The Kier molecular flexibility index (Phi) is 6.17. The van der Waals surface area contributed by atoms with E-state index in [4.69, 9.17) is 4.52 Å². The fourth-order valence-electron chi connectivity index (χ4n) is 5.09. The highest BCUT2D eigenvalue weighted by molar-refractivity contribution is 7.63. The summed E-state index contributed by atoms with van der Waals surface area (Å²) in [6.45, 7) is 0. The second-order valence-corrected chi connectivity index (χ2v) is 11.2. The van der Waals surface area contributed by atoms with Crippen molar-refractivity contribution < 1.29 is 4.52 Å². The van der Waals surface area contributed by atoms with E-state index < -0.39 is 8.30 Å². The molecule has 1 atom stereocenters. The standard InChI is InChI=1S/C36H26NOP/c1-4-12-27(13-5-1)30-20-22-34(23-21-30)39-37(35-18-10-11-19-36(35)38-39)33-25-31(28-14-6-2-7-15-28)24-32(26-33)29-16-8-3-9-17-29/h1-26H. The van der Waals surface area contributed by atoms with Gasteiger partial charge < -0.3 is 4.52 Å². The summed E-state index contributed by atoms with van der Waals surface area (Å²) in [5.74, 6) is 0.919. The molecule has 2 nitrogen and oxygen atoms in total. The first-order valence-corrected chi connectivity index (χ1v) is 14.3.